The summed E-state index contributed by atoms with van der Waals surface area (Å²) < 4.78 is 1.79. The Bertz CT molecular complexity index is 666. The number of nitrogens with one attached hydrogen (secondary N) is 1. The average molecular weight is 270 g/mol. The normalized spacial score (nSPS) is 25.4. The Labute approximate surface area is 117 Å². The maximum absolute atomic E-state index is 12.7. The van der Waals surface area contributed by atoms with Gasteiger partial charge in [-0.05, 0) is 24.9 Å². The van der Waals surface area contributed by atoms with Crippen molar-refractivity contribution in [3.63, 3.8) is 0 Å². The SMILES string of the molecule is Cn1nc(C(=O)N2C[C@@H]3CCN[C@@H]3C2)c2ccccc21. The summed E-state index contributed by atoms with van der Waals surface area (Å²) >= 11 is 0. The minimum Gasteiger partial charge on any atom is -0.335 e. The number of nitrogens with zero attached hydrogens (tertiary/aromatic N) is 3. The van der Waals surface area contributed by atoms with Crippen LogP contribution in [0.15, 0.2) is 24.3 Å². The molecule has 0 saturated carbocycles. The zero-order valence-electron chi connectivity index (χ0n) is 11.5. The molecule has 0 bridgehead atoms. The Morgan fingerprint density at radius 1 is 1.35 bits per heavy atom. The van der Waals surface area contributed by atoms with Crippen LogP contribution in [-0.2, 0) is 7.05 Å². The van der Waals surface area contributed by atoms with Crippen molar-refractivity contribution in [3.8, 4) is 0 Å². The lowest BCUT2D eigenvalue weighted by Crippen LogP contribution is -2.34. The van der Waals surface area contributed by atoms with Crippen molar-refractivity contribution in [2.45, 2.75) is 12.5 Å². The van der Waals surface area contributed by atoms with Crippen LogP contribution in [0.4, 0.5) is 0 Å². The predicted octanol–water partition coefficient (Wildman–Crippen LogP) is 1.01. The van der Waals surface area contributed by atoms with E-state index in [1.807, 2.05) is 36.2 Å². The summed E-state index contributed by atoms with van der Waals surface area (Å²) in [6, 6.07) is 8.39. The smallest absolute Gasteiger partial charge is 0.275 e. The van der Waals surface area contributed by atoms with Crippen LogP contribution in [0.1, 0.15) is 16.9 Å². The van der Waals surface area contributed by atoms with Crippen LogP contribution in [0.25, 0.3) is 10.9 Å². The molecule has 2 fully saturated rings. The molecule has 2 aliphatic rings. The number of hydrogen-bond acceptors (Lipinski definition) is 3. The monoisotopic (exact) mass is 270 g/mol. The summed E-state index contributed by atoms with van der Waals surface area (Å²) in [4.78, 5) is 14.7. The lowest BCUT2D eigenvalue weighted by molar-refractivity contribution is 0.0778. The molecular weight excluding hydrogens is 252 g/mol. The van der Waals surface area contributed by atoms with E-state index in [1.165, 1.54) is 6.42 Å². The van der Waals surface area contributed by atoms with Crippen LogP contribution in [0.3, 0.4) is 0 Å². The van der Waals surface area contributed by atoms with Crippen LogP contribution in [0, 0.1) is 5.92 Å². The van der Waals surface area contributed by atoms with E-state index in [-0.39, 0.29) is 5.91 Å². The average Bonchev–Trinajstić information content (AvgIpc) is 3.11. The van der Waals surface area contributed by atoms with Crippen molar-refractivity contribution >= 4 is 16.8 Å². The summed E-state index contributed by atoms with van der Waals surface area (Å²) in [7, 11) is 1.89. The topological polar surface area (TPSA) is 50.2 Å². The Hall–Kier alpha value is -1.88. The van der Waals surface area contributed by atoms with Crippen molar-refractivity contribution in [3.05, 3.63) is 30.0 Å². The van der Waals surface area contributed by atoms with E-state index in [2.05, 4.69) is 10.4 Å². The summed E-state index contributed by atoms with van der Waals surface area (Å²) in [5.41, 5.74) is 1.59. The third-order valence-corrected chi connectivity index (χ3v) is 4.61. The van der Waals surface area contributed by atoms with Crippen LogP contribution in [0.5, 0.6) is 0 Å². The molecule has 104 valence electrons. The number of aromatic nitrogens is 2. The molecule has 3 heterocycles. The van der Waals surface area contributed by atoms with E-state index >= 15 is 0 Å². The lowest BCUT2D eigenvalue weighted by atomic mass is 10.1. The van der Waals surface area contributed by atoms with Crippen LogP contribution in [-0.4, -0.2) is 46.3 Å². The van der Waals surface area contributed by atoms with Gasteiger partial charge in [-0.15, -0.1) is 0 Å². The largest absolute Gasteiger partial charge is 0.335 e. The minimum atomic E-state index is 0.0676. The van der Waals surface area contributed by atoms with Gasteiger partial charge in [-0.1, -0.05) is 18.2 Å². The molecule has 2 aliphatic heterocycles. The first-order valence-corrected chi connectivity index (χ1v) is 7.18. The zero-order valence-corrected chi connectivity index (χ0v) is 11.5. The number of fused-ring (bicyclic) bond motifs is 2. The van der Waals surface area contributed by atoms with Crippen LogP contribution >= 0.6 is 0 Å². The van der Waals surface area contributed by atoms with Crippen LogP contribution in [0.2, 0.25) is 0 Å². The molecule has 0 unspecified atom stereocenters. The van der Waals surface area contributed by atoms with Gasteiger partial charge in [0.25, 0.3) is 5.91 Å². The van der Waals surface area contributed by atoms with Crippen molar-refractivity contribution in [1.82, 2.24) is 20.0 Å². The molecule has 1 aromatic heterocycles. The number of rotatable bonds is 1. The van der Waals surface area contributed by atoms with Gasteiger partial charge in [0.05, 0.1) is 5.52 Å². The highest BCUT2D eigenvalue weighted by Crippen LogP contribution is 2.27. The van der Waals surface area contributed by atoms with E-state index in [0.717, 1.165) is 30.5 Å². The number of carbonyl (C=O) groups is 1. The number of aryl methyl sites for hydroxylation is 1. The Balaban J connectivity index is 1.68. The van der Waals surface area contributed by atoms with Gasteiger partial charge >= 0.3 is 0 Å². The zero-order chi connectivity index (χ0) is 13.7. The van der Waals surface area contributed by atoms with Gasteiger partial charge in [0.2, 0.25) is 0 Å². The maximum atomic E-state index is 12.7. The molecule has 20 heavy (non-hydrogen) atoms. The molecule has 5 heteroatoms. The second-order valence-electron chi connectivity index (χ2n) is 5.81. The Morgan fingerprint density at radius 3 is 3.05 bits per heavy atom. The second-order valence-corrected chi connectivity index (χ2v) is 5.81. The van der Waals surface area contributed by atoms with Gasteiger partial charge in [-0.2, -0.15) is 5.10 Å². The van der Waals surface area contributed by atoms with Crippen molar-refractivity contribution in [1.29, 1.82) is 0 Å². The Morgan fingerprint density at radius 2 is 2.20 bits per heavy atom. The standard InChI is InChI=1S/C15H18N4O/c1-18-13-5-3-2-4-11(13)14(17-18)15(20)19-8-10-6-7-16-12(10)9-19/h2-5,10,12,16H,6-9H2,1H3/t10-,12+/m0/s1. The highest BCUT2D eigenvalue weighted by atomic mass is 16.2. The summed E-state index contributed by atoms with van der Waals surface area (Å²) in [6.07, 6.45) is 1.18. The van der Waals surface area contributed by atoms with Gasteiger partial charge < -0.3 is 10.2 Å². The number of carbonyl (C=O) groups excluding carboxylic acids is 1. The molecule has 4 rings (SSSR count). The van der Waals surface area contributed by atoms with E-state index in [1.54, 1.807) is 4.68 Å². The fourth-order valence-electron chi connectivity index (χ4n) is 3.54. The Kier molecular flexibility index (Phi) is 2.57. The summed E-state index contributed by atoms with van der Waals surface area (Å²) in [5, 5.41) is 8.86. The molecule has 0 radical (unpaired) electrons. The summed E-state index contributed by atoms with van der Waals surface area (Å²) in [6.45, 7) is 2.76. The number of para-hydroxylation sites is 1. The molecule has 1 aromatic carbocycles. The van der Waals surface area contributed by atoms with E-state index in [4.69, 9.17) is 0 Å². The number of likely N-dealkylation sites (tertiary alicyclic amines) is 1. The van der Waals surface area contributed by atoms with Crippen molar-refractivity contribution in [2.24, 2.45) is 13.0 Å². The van der Waals surface area contributed by atoms with Gasteiger partial charge in [0.15, 0.2) is 5.69 Å². The van der Waals surface area contributed by atoms with Crippen LogP contribution < -0.4 is 5.32 Å². The minimum absolute atomic E-state index is 0.0676. The van der Waals surface area contributed by atoms with Gasteiger partial charge in [0, 0.05) is 31.6 Å². The van der Waals surface area contributed by atoms with E-state index < -0.39 is 0 Å². The van der Waals surface area contributed by atoms with Gasteiger partial charge in [-0.25, -0.2) is 0 Å². The fraction of sp³-hybridized carbons (Fsp3) is 0.467. The van der Waals surface area contributed by atoms with Gasteiger partial charge in [-0.3, -0.25) is 9.48 Å². The quantitative estimate of drug-likeness (QED) is 0.841. The number of hydrogen-bond donors (Lipinski definition) is 1. The van der Waals surface area contributed by atoms with Gasteiger partial charge in [0.1, 0.15) is 0 Å². The molecule has 2 aromatic rings. The number of benzene rings is 1. The highest BCUT2D eigenvalue weighted by molar-refractivity contribution is 6.04. The second kappa shape index (κ2) is 4.31. The lowest BCUT2D eigenvalue weighted by Gasteiger charge is -2.16. The molecule has 2 atom stereocenters. The highest BCUT2D eigenvalue weighted by Gasteiger charge is 2.39. The fourth-order valence-corrected chi connectivity index (χ4v) is 3.54. The van der Waals surface area contributed by atoms with E-state index in [0.29, 0.717) is 17.7 Å². The first-order chi connectivity index (χ1) is 9.74. The molecule has 0 spiro atoms. The molecule has 0 aliphatic carbocycles. The molecule has 1 amide bonds. The predicted molar refractivity (Wildman–Crippen MR) is 76.5 cm³/mol. The molecule has 2 saturated heterocycles. The third-order valence-electron chi connectivity index (χ3n) is 4.61. The summed E-state index contributed by atoms with van der Waals surface area (Å²) in [5.74, 6) is 0.687. The van der Waals surface area contributed by atoms with Crippen molar-refractivity contribution < 1.29 is 4.79 Å². The maximum Gasteiger partial charge on any atom is 0.275 e. The number of amides is 1. The van der Waals surface area contributed by atoms with E-state index in [9.17, 15) is 4.79 Å². The molecule has 5 nitrogen and oxygen atoms in total. The first kappa shape index (κ1) is 11.9. The van der Waals surface area contributed by atoms with Crippen molar-refractivity contribution in [2.75, 3.05) is 19.6 Å². The molecule has 1 N–H and O–H groups in total. The molecular formula is C15H18N4O. The third kappa shape index (κ3) is 1.66. The first-order valence-electron chi connectivity index (χ1n) is 7.18.